The highest BCUT2D eigenvalue weighted by atomic mass is 16.5. The van der Waals surface area contributed by atoms with Crippen molar-refractivity contribution in [2.75, 3.05) is 32.8 Å². The number of aliphatic carboxylic acids is 2. The zero-order valence-electron chi connectivity index (χ0n) is 9.96. The molecule has 0 radical (unpaired) electrons. The lowest BCUT2D eigenvalue weighted by atomic mass is 9.85. The van der Waals surface area contributed by atoms with Gasteiger partial charge in [-0.15, -0.1) is 0 Å². The van der Waals surface area contributed by atoms with Crippen molar-refractivity contribution in [2.45, 2.75) is 13.3 Å². The number of rotatable bonds is 6. The zero-order chi connectivity index (χ0) is 12.8. The molecule has 1 heterocycles. The highest BCUT2D eigenvalue weighted by molar-refractivity contribution is 5.80. The summed E-state index contributed by atoms with van der Waals surface area (Å²) in [6.45, 7) is 4.66. The Labute approximate surface area is 100 Å². The Balaban J connectivity index is 2.50. The molecule has 0 aromatic heterocycles. The molecule has 0 aromatic rings. The van der Waals surface area contributed by atoms with Crippen molar-refractivity contribution >= 4 is 11.9 Å². The molecule has 0 bridgehead atoms. The van der Waals surface area contributed by atoms with Crippen LogP contribution in [-0.4, -0.2) is 59.9 Å². The highest BCUT2D eigenvalue weighted by Crippen LogP contribution is 2.24. The van der Waals surface area contributed by atoms with Crippen LogP contribution in [-0.2, 0) is 14.3 Å². The number of hydrogen-bond acceptors (Lipinski definition) is 4. The van der Waals surface area contributed by atoms with E-state index in [1.807, 2.05) is 11.8 Å². The fraction of sp³-hybridized carbons (Fsp3) is 0.818. The minimum absolute atomic E-state index is 0.291. The maximum absolute atomic E-state index is 11.0. The van der Waals surface area contributed by atoms with E-state index in [1.165, 1.54) is 0 Å². The van der Waals surface area contributed by atoms with Gasteiger partial charge in [0.05, 0.1) is 18.4 Å². The van der Waals surface area contributed by atoms with Gasteiger partial charge in [0, 0.05) is 19.7 Å². The topological polar surface area (TPSA) is 87.1 Å². The normalized spacial score (nSPS) is 25.7. The number of carbonyl (C=O) groups is 2. The van der Waals surface area contributed by atoms with Crippen LogP contribution >= 0.6 is 0 Å². The zero-order valence-corrected chi connectivity index (χ0v) is 9.96. The minimum atomic E-state index is -1.03. The van der Waals surface area contributed by atoms with Gasteiger partial charge in [-0.3, -0.25) is 9.59 Å². The Morgan fingerprint density at radius 3 is 2.47 bits per heavy atom. The molecule has 0 amide bonds. The molecule has 2 atom stereocenters. The molecule has 1 aliphatic heterocycles. The van der Waals surface area contributed by atoms with E-state index < -0.39 is 23.8 Å². The first-order chi connectivity index (χ1) is 8.06. The molecular weight excluding hydrogens is 226 g/mol. The Bertz CT molecular complexity index is 281. The second-order valence-corrected chi connectivity index (χ2v) is 4.18. The van der Waals surface area contributed by atoms with Crippen molar-refractivity contribution < 1.29 is 24.5 Å². The Hall–Kier alpha value is -1.14. The molecule has 17 heavy (non-hydrogen) atoms. The van der Waals surface area contributed by atoms with Crippen LogP contribution in [0.5, 0.6) is 0 Å². The third-order valence-electron chi connectivity index (χ3n) is 3.09. The first kappa shape index (κ1) is 13.9. The Morgan fingerprint density at radius 2 is 1.94 bits per heavy atom. The van der Waals surface area contributed by atoms with Crippen molar-refractivity contribution in [2.24, 2.45) is 11.8 Å². The second-order valence-electron chi connectivity index (χ2n) is 4.18. The summed E-state index contributed by atoms with van der Waals surface area (Å²) in [6.07, 6.45) is 0.387. The van der Waals surface area contributed by atoms with Crippen molar-refractivity contribution in [3.05, 3.63) is 0 Å². The molecule has 0 spiro atoms. The van der Waals surface area contributed by atoms with Gasteiger partial charge in [0.1, 0.15) is 0 Å². The molecule has 0 aliphatic carbocycles. The molecule has 2 N–H and O–H groups in total. The summed E-state index contributed by atoms with van der Waals surface area (Å²) in [5.41, 5.74) is 0. The predicted molar refractivity (Wildman–Crippen MR) is 59.8 cm³/mol. The van der Waals surface area contributed by atoms with Gasteiger partial charge >= 0.3 is 11.9 Å². The van der Waals surface area contributed by atoms with Gasteiger partial charge in [0.15, 0.2) is 0 Å². The molecule has 1 fully saturated rings. The smallest absolute Gasteiger partial charge is 0.308 e. The highest BCUT2D eigenvalue weighted by Gasteiger charge is 2.38. The largest absolute Gasteiger partial charge is 0.481 e. The van der Waals surface area contributed by atoms with Crippen molar-refractivity contribution in [1.29, 1.82) is 0 Å². The van der Waals surface area contributed by atoms with Gasteiger partial charge in [-0.05, 0) is 19.9 Å². The number of nitrogens with zero attached hydrogens (tertiary/aromatic N) is 1. The number of piperidine rings is 1. The van der Waals surface area contributed by atoms with Gasteiger partial charge in [-0.1, -0.05) is 0 Å². The first-order valence-electron chi connectivity index (χ1n) is 5.82. The summed E-state index contributed by atoms with van der Waals surface area (Å²) >= 11 is 0. The lowest BCUT2D eigenvalue weighted by molar-refractivity contribution is -0.157. The lowest BCUT2D eigenvalue weighted by Gasteiger charge is -2.34. The van der Waals surface area contributed by atoms with Crippen LogP contribution in [0.3, 0.4) is 0 Å². The average molecular weight is 245 g/mol. The second kappa shape index (κ2) is 6.56. The number of likely N-dealkylation sites (tertiary alicyclic amines) is 1. The summed E-state index contributed by atoms with van der Waals surface area (Å²) < 4.78 is 5.20. The maximum Gasteiger partial charge on any atom is 0.308 e. The molecule has 6 nitrogen and oxygen atoms in total. The lowest BCUT2D eigenvalue weighted by Crippen LogP contribution is -2.47. The van der Waals surface area contributed by atoms with E-state index in [4.69, 9.17) is 14.9 Å². The monoisotopic (exact) mass is 245 g/mol. The predicted octanol–water partition coefficient (Wildman–Crippen LogP) is 0.130. The molecule has 98 valence electrons. The van der Waals surface area contributed by atoms with Crippen molar-refractivity contribution in [1.82, 2.24) is 4.90 Å². The van der Waals surface area contributed by atoms with Gasteiger partial charge < -0.3 is 19.8 Å². The van der Waals surface area contributed by atoms with E-state index >= 15 is 0 Å². The summed E-state index contributed by atoms with van der Waals surface area (Å²) in [6, 6.07) is 0. The van der Waals surface area contributed by atoms with Crippen LogP contribution in [0.4, 0.5) is 0 Å². The maximum atomic E-state index is 11.0. The standard InChI is InChI=1S/C11H19NO5/c1-2-17-6-5-12-4-3-8(10(13)14)9(7-12)11(15)16/h8-9H,2-7H2,1H3,(H,13,14)(H,15,16). The van der Waals surface area contributed by atoms with E-state index in [2.05, 4.69) is 0 Å². The summed E-state index contributed by atoms with van der Waals surface area (Å²) in [4.78, 5) is 23.9. The van der Waals surface area contributed by atoms with Crippen LogP contribution in [0.1, 0.15) is 13.3 Å². The summed E-state index contributed by atoms with van der Waals surface area (Å²) in [7, 11) is 0. The molecule has 0 saturated carbocycles. The van der Waals surface area contributed by atoms with E-state index in [-0.39, 0.29) is 0 Å². The molecule has 6 heteroatoms. The third-order valence-corrected chi connectivity index (χ3v) is 3.09. The van der Waals surface area contributed by atoms with E-state index in [0.717, 1.165) is 0 Å². The van der Waals surface area contributed by atoms with Crippen LogP contribution < -0.4 is 0 Å². The molecule has 2 unspecified atom stereocenters. The van der Waals surface area contributed by atoms with E-state index in [9.17, 15) is 9.59 Å². The number of carboxylic acids is 2. The molecule has 0 aromatic carbocycles. The van der Waals surface area contributed by atoms with Gasteiger partial charge in [0.2, 0.25) is 0 Å². The van der Waals surface area contributed by atoms with Crippen LogP contribution in [0.25, 0.3) is 0 Å². The molecule has 1 aliphatic rings. The average Bonchev–Trinajstić information content (AvgIpc) is 2.29. The van der Waals surface area contributed by atoms with Crippen LogP contribution in [0.15, 0.2) is 0 Å². The number of hydrogen-bond donors (Lipinski definition) is 2. The number of carboxylic acid groups (broad SMARTS) is 2. The summed E-state index contributed by atoms with van der Waals surface area (Å²) in [5, 5.41) is 18.0. The fourth-order valence-corrected chi connectivity index (χ4v) is 2.11. The molecule has 1 rings (SSSR count). The molecular formula is C11H19NO5. The van der Waals surface area contributed by atoms with Crippen molar-refractivity contribution in [3.8, 4) is 0 Å². The Kier molecular flexibility index (Phi) is 5.37. The van der Waals surface area contributed by atoms with E-state index in [0.29, 0.717) is 39.3 Å². The SMILES string of the molecule is CCOCCN1CCC(C(=O)O)C(C(=O)O)C1. The van der Waals surface area contributed by atoms with Gasteiger partial charge in [-0.2, -0.15) is 0 Å². The minimum Gasteiger partial charge on any atom is -0.481 e. The van der Waals surface area contributed by atoms with Gasteiger partial charge in [-0.25, -0.2) is 0 Å². The number of ether oxygens (including phenoxy) is 1. The van der Waals surface area contributed by atoms with E-state index in [1.54, 1.807) is 0 Å². The summed E-state index contributed by atoms with van der Waals surface area (Å²) in [5.74, 6) is -3.63. The molecule has 1 saturated heterocycles. The van der Waals surface area contributed by atoms with Crippen LogP contribution in [0, 0.1) is 11.8 Å². The van der Waals surface area contributed by atoms with Gasteiger partial charge in [0.25, 0.3) is 0 Å². The first-order valence-corrected chi connectivity index (χ1v) is 5.82. The Morgan fingerprint density at radius 1 is 1.29 bits per heavy atom. The quantitative estimate of drug-likeness (QED) is 0.647. The fourth-order valence-electron chi connectivity index (χ4n) is 2.11. The van der Waals surface area contributed by atoms with Crippen LogP contribution in [0.2, 0.25) is 0 Å². The van der Waals surface area contributed by atoms with Crippen molar-refractivity contribution in [3.63, 3.8) is 0 Å². The third kappa shape index (κ3) is 3.98.